The van der Waals surface area contributed by atoms with E-state index in [1.807, 2.05) is 4.68 Å². The van der Waals surface area contributed by atoms with Crippen molar-refractivity contribution in [3.63, 3.8) is 0 Å². The zero-order valence-corrected chi connectivity index (χ0v) is 12.2. The number of tetrazole rings is 1. The maximum Gasteiger partial charge on any atom is 0.245 e. The highest BCUT2D eigenvalue weighted by Gasteiger charge is 2.55. The van der Waals surface area contributed by atoms with Crippen molar-refractivity contribution >= 4 is 5.95 Å². The summed E-state index contributed by atoms with van der Waals surface area (Å²) in [5, 5.41) is 12.3. The van der Waals surface area contributed by atoms with Crippen LogP contribution < -0.4 is 4.90 Å². The zero-order chi connectivity index (χ0) is 13.6. The Balaban J connectivity index is 1.68. The van der Waals surface area contributed by atoms with Crippen LogP contribution >= 0.6 is 0 Å². The van der Waals surface area contributed by atoms with Crippen LogP contribution in [0.25, 0.3) is 0 Å². The van der Waals surface area contributed by atoms with Gasteiger partial charge in [-0.3, -0.25) is 0 Å². The van der Waals surface area contributed by atoms with Crippen molar-refractivity contribution in [2.24, 2.45) is 11.3 Å². The molecule has 3 fully saturated rings. The van der Waals surface area contributed by atoms with Gasteiger partial charge < -0.3 is 9.64 Å². The molecule has 3 heterocycles. The summed E-state index contributed by atoms with van der Waals surface area (Å²) in [6.45, 7) is 5.91. The Hall–Kier alpha value is -1.17. The third-order valence-corrected chi connectivity index (χ3v) is 5.71. The van der Waals surface area contributed by atoms with E-state index in [0.717, 1.165) is 38.2 Å². The van der Waals surface area contributed by atoms with E-state index in [2.05, 4.69) is 27.3 Å². The summed E-state index contributed by atoms with van der Waals surface area (Å²) in [7, 11) is 0. The van der Waals surface area contributed by atoms with Crippen LogP contribution in [0.2, 0.25) is 0 Å². The van der Waals surface area contributed by atoms with E-state index in [1.165, 1.54) is 32.1 Å². The highest BCUT2D eigenvalue weighted by Crippen LogP contribution is 2.54. The van der Waals surface area contributed by atoms with Crippen molar-refractivity contribution in [2.45, 2.75) is 51.6 Å². The van der Waals surface area contributed by atoms with Gasteiger partial charge >= 0.3 is 0 Å². The van der Waals surface area contributed by atoms with Crippen molar-refractivity contribution < 1.29 is 4.74 Å². The number of aryl methyl sites for hydroxylation is 1. The number of anilines is 1. The summed E-state index contributed by atoms with van der Waals surface area (Å²) in [4.78, 5) is 2.51. The third-order valence-electron chi connectivity index (χ3n) is 5.71. The minimum atomic E-state index is 0.448. The average Bonchev–Trinajstić information content (AvgIpc) is 3.18. The number of aromatic nitrogens is 4. The summed E-state index contributed by atoms with van der Waals surface area (Å²) >= 11 is 0. The SMILES string of the molecule is CCn1nnnc1N1CC2(CCOCC2)[C@@H]2CCC[C@@H]21. The Morgan fingerprint density at radius 2 is 2.15 bits per heavy atom. The molecule has 1 saturated carbocycles. The lowest BCUT2D eigenvalue weighted by molar-refractivity contribution is 0.00154. The van der Waals surface area contributed by atoms with Gasteiger partial charge in [0.15, 0.2) is 0 Å². The zero-order valence-electron chi connectivity index (χ0n) is 12.2. The van der Waals surface area contributed by atoms with E-state index in [-0.39, 0.29) is 0 Å². The molecule has 0 amide bonds. The smallest absolute Gasteiger partial charge is 0.245 e. The molecule has 2 saturated heterocycles. The summed E-state index contributed by atoms with van der Waals surface area (Å²) in [5.41, 5.74) is 0.448. The van der Waals surface area contributed by atoms with Gasteiger partial charge in [0.1, 0.15) is 0 Å². The molecule has 110 valence electrons. The molecule has 0 bridgehead atoms. The maximum atomic E-state index is 5.61. The molecule has 3 aliphatic rings. The molecule has 0 unspecified atom stereocenters. The lowest BCUT2D eigenvalue weighted by atomic mass is 9.71. The van der Waals surface area contributed by atoms with E-state index in [9.17, 15) is 0 Å². The quantitative estimate of drug-likeness (QED) is 0.819. The van der Waals surface area contributed by atoms with Crippen LogP contribution in [0.15, 0.2) is 0 Å². The molecule has 1 aromatic heterocycles. The fourth-order valence-electron chi connectivity index (χ4n) is 4.74. The first kappa shape index (κ1) is 12.6. The first-order valence-corrected chi connectivity index (χ1v) is 7.95. The highest BCUT2D eigenvalue weighted by atomic mass is 16.5. The van der Waals surface area contributed by atoms with Crippen LogP contribution in [0.4, 0.5) is 5.95 Å². The Kier molecular flexibility index (Phi) is 2.94. The predicted molar refractivity (Wildman–Crippen MR) is 74.5 cm³/mol. The fourth-order valence-corrected chi connectivity index (χ4v) is 4.74. The molecule has 4 rings (SSSR count). The molecule has 6 heteroatoms. The van der Waals surface area contributed by atoms with Gasteiger partial charge in [0.05, 0.1) is 0 Å². The second kappa shape index (κ2) is 4.69. The summed E-state index contributed by atoms with van der Waals surface area (Å²) in [5.74, 6) is 1.79. The van der Waals surface area contributed by atoms with Gasteiger partial charge in [-0.15, -0.1) is 0 Å². The molecule has 0 N–H and O–H groups in total. The van der Waals surface area contributed by atoms with Gasteiger partial charge in [0.25, 0.3) is 0 Å². The van der Waals surface area contributed by atoms with Crippen molar-refractivity contribution in [1.82, 2.24) is 20.2 Å². The Morgan fingerprint density at radius 1 is 1.30 bits per heavy atom. The van der Waals surface area contributed by atoms with Crippen LogP contribution in [-0.4, -0.2) is 46.0 Å². The first-order chi connectivity index (χ1) is 9.84. The lowest BCUT2D eigenvalue weighted by Gasteiger charge is -2.37. The maximum absolute atomic E-state index is 5.61. The average molecular weight is 277 g/mol. The number of ether oxygens (including phenoxy) is 1. The fraction of sp³-hybridized carbons (Fsp3) is 0.929. The van der Waals surface area contributed by atoms with Crippen LogP contribution in [0, 0.1) is 11.3 Å². The molecular weight excluding hydrogens is 254 g/mol. The third kappa shape index (κ3) is 1.70. The van der Waals surface area contributed by atoms with Crippen molar-refractivity contribution in [2.75, 3.05) is 24.7 Å². The predicted octanol–water partition coefficient (Wildman–Crippen LogP) is 1.48. The molecule has 1 aliphatic carbocycles. The molecule has 0 radical (unpaired) electrons. The molecular formula is C14H23N5O. The van der Waals surface area contributed by atoms with Crippen molar-refractivity contribution in [3.05, 3.63) is 0 Å². The molecule has 2 aliphatic heterocycles. The van der Waals surface area contributed by atoms with Crippen LogP contribution in [0.1, 0.15) is 39.0 Å². The van der Waals surface area contributed by atoms with Gasteiger partial charge in [-0.2, -0.15) is 0 Å². The van der Waals surface area contributed by atoms with E-state index < -0.39 is 0 Å². The number of fused-ring (bicyclic) bond motifs is 2. The van der Waals surface area contributed by atoms with Crippen molar-refractivity contribution in [1.29, 1.82) is 0 Å². The summed E-state index contributed by atoms with van der Waals surface area (Å²) in [6, 6.07) is 0.643. The molecule has 6 nitrogen and oxygen atoms in total. The molecule has 20 heavy (non-hydrogen) atoms. The van der Waals surface area contributed by atoms with Gasteiger partial charge in [-0.1, -0.05) is 11.5 Å². The normalized spacial score (nSPS) is 31.9. The van der Waals surface area contributed by atoms with Gasteiger partial charge in [0.2, 0.25) is 5.95 Å². The van der Waals surface area contributed by atoms with E-state index in [4.69, 9.17) is 4.74 Å². The second-order valence-electron chi connectivity index (χ2n) is 6.50. The second-order valence-corrected chi connectivity index (χ2v) is 6.50. The van der Waals surface area contributed by atoms with Gasteiger partial charge in [0, 0.05) is 32.3 Å². The molecule has 1 spiro atoms. The van der Waals surface area contributed by atoms with E-state index in [0.29, 0.717) is 11.5 Å². The summed E-state index contributed by atoms with van der Waals surface area (Å²) in [6.07, 6.45) is 6.43. The molecule has 1 aromatic rings. The molecule has 0 aromatic carbocycles. The molecule has 2 atom stereocenters. The van der Waals surface area contributed by atoms with Crippen LogP contribution in [-0.2, 0) is 11.3 Å². The number of rotatable bonds is 2. The number of hydrogen-bond acceptors (Lipinski definition) is 5. The summed E-state index contributed by atoms with van der Waals surface area (Å²) < 4.78 is 7.55. The van der Waals surface area contributed by atoms with Gasteiger partial charge in [-0.25, -0.2) is 4.68 Å². The first-order valence-electron chi connectivity index (χ1n) is 7.95. The Labute approximate surface area is 119 Å². The van der Waals surface area contributed by atoms with Crippen LogP contribution in [0.3, 0.4) is 0 Å². The van der Waals surface area contributed by atoms with Crippen LogP contribution in [0.5, 0.6) is 0 Å². The topological polar surface area (TPSA) is 56.1 Å². The Morgan fingerprint density at radius 3 is 2.95 bits per heavy atom. The lowest BCUT2D eigenvalue weighted by Crippen LogP contribution is -2.37. The minimum absolute atomic E-state index is 0.448. The largest absolute Gasteiger partial charge is 0.381 e. The Bertz CT molecular complexity index is 482. The number of nitrogens with zero attached hydrogens (tertiary/aromatic N) is 5. The van der Waals surface area contributed by atoms with E-state index >= 15 is 0 Å². The van der Waals surface area contributed by atoms with Crippen molar-refractivity contribution in [3.8, 4) is 0 Å². The standard InChI is InChI=1S/C14H23N5O/c1-2-19-13(15-16-17-19)18-10-14(6-8-20-9-7-14)11-4-3-5-12(11)18/h11-12H,2-10H2,1H3/t11-,12+/m1/s1. The number of hydrogen-bond donors (Lipinski definition) is 0. The highest BCUT2D eigenvalue weighted by molar-refractivity contribution is 5.36. The minimum Gasteiger partial charge on any atom is -0.381 e. The monoisotopic (exact) mass is 277 g/mol. The van der Waals surface area contributed by atoms with E-state index in [1.54, 1.807) is 0 Å². The van der Waals surface area contributed by atoms with Gasteiger partial charge in [-0.05, 0) is 54.4 Å².